The lowest BCUT2D eigenvalue weighted by atomic mass is 10.1. The molecule has 6 rings (SSSR count). The van der Waals surface area contributed by atoms with Gasteiger partial charge in [0.25, 0.3) is 0 Å². The highest BCUT2D eigenvalue weighted by Gasteiger charge is 2.16. The second-order valence-electron chi connectivity index (χ2n) is 10.1. The van der Waals surface area contributed by atoms with E-state index in [9.17, 15) is 9.18 Å². The van der Waals surface area contributed by atoms with Gasteiger partial charge in [-0.25, -0.2) is 24.1 Å². The molecule has 0 spiro atoms. The second-order valence-corrected chi connectivity index (χ2v) is 11.1. The molecule has 0 saturated carbocycles. The molecule has 1 aliphatic heterocycles. The molecule has 2 aromatic heterocycles. The lowest BCUT2D eigenvalue weighted by Crippen LogP contribution is -2.22. The Labute approximate surface area is 252 Å². The molecule has 8 nitrogen and oxygen atoms in total. The Morgan fingerprint density at radius 2 is 1.81 bits per heavy atom. The van der Waals surface area contributed by atoms with Crippen molar-refractivity contribution in [1.29, 1.82) is 0 Å². The van der Waals surface area contributed by atoms with Crippen molar-refractivity contribution >= 4 is 11.8 Å². The number of nitrogens with zero attached hydrogens (tertiary/aromatic N) is 4. The van der Waals surface area contributed by atoms with Gasteiger partial charge in [0.2, 0.25) is 6.79 Å². The Balaban J connectivity index is 1.15. The fourth-order valence-corrected chi connectivity index (χ4v) is 5.65. The van der Waals surface area contributed by atoms with E-state index in [-0.39, 0.29) is 31.0 Å². The molecule has 0 radical (unpaired) electrons. The normalized spacial score (nSPS) is 12.8. The first-order chi connectivity index (χ1) is 21.0. The first-order valence-electron chi connectivity index (χ1n) is 13.9. The molecule has 1 atom stereocenters. The van der Waals surface area contributed by atoms with E-state index >= 15 is 0 Å². The number of halogens is 1. The van der Waals surface area contributed by atoms with Crippen LogP contribution in [0.1, 0.15) is 34.9 Å². The van der Waals surface area contributed by atoms with Gasteiger partial charge in [-0.3, -0.25) is 4.57 Å². The van der Waals surface area contributed by atoms with Crippen LogP contribution in [-0.4, -0.2) is 32.1 Å². The van der Waals surface area contributed by atoms with Gasteiger partial charge in [-0.2, -0.15) is 0 Å². The van der Waals surface area contributed by atoms with Crippen molar-refractivity contribution in [3.63, 3.8) is 0 Å². The predicted molar refractivity (Wildman–Crippen MR) is 162 cm³/mol. The molecule has 0 saturated heterocycles. The van der Waals surface area contributed by atoms with Gasteiger partial charge in [-0.15, -0.1) is 0 Å². The lowest BCUT2D eigenvalue weighted by Gasteiger charge is -2.18. The van der Waals surface area contributed by atoms with E-state index in [2.05, 4.69) is 9.97 Å². The van der Waals surface area contributed by atoms with Crippen molar-refractivity contribution in [2.24, 2.45) is 0 Å². The number of hydrogen-bond acceptors (Lipinski definition) is 8. The number of thioether (sulfide) groups is 1. The van der Waals surface area contributed by atoms with E-state index < -0.39 is 0 Å². The third-order valence-corrected chi connectivity index (χ3v) is 7.84. The van der Waals surface area contributed by atoms with E-state index in [4.69, 9.17) is 19.2 Å². The number of benzene rings is 3. The van der Waals surface area contributed by atoms with Crippen molar-refractivity contribution in [3.05, 3.63) is 130 Å². The van der Waals surface area contributed by atoms with Gasteiger partial charge in [-0.05, 0) is 48.7 Å². The van der Waals surface area contributed by atoms with Crippen molar-refractivity contribution in [2.75, 3.05) is 12.5 Å². The van der Waals surface area contributed by atoms with Crippen LogP contribution >= 0.6 is 11.8 Å². The van der Waals surface area contributed by atoms with Gasteiger partial charge in [-0.1, -0.05) is 66.4 Å². The van der Waals surface area contributed by atoms with Crippen LogP contribution in [0.3, 0.4) is 0 Å². The fourth-order valence-electron chi connectivity index (χ4n) is 4.77. The monoisotopic (exact) mass is 596 g/mol. The molecule has 218 valence electrons. The van der Waals surface area contributed by atoms with E-state index in [1.165, 1.54) is 24.0 Å². The molecular formula is C33H29FN4O4S. The summed E-state index contributed by atoms with van der Waals surface area (Å²) in [6, 6.07) is 24.1. The highest BCUT2D eigenvalue weighted by Crippen LogP contribution is 2.33. The number of aromatic nitrogens is 4. The summed E-state index contributed by atoms with van der Waals surface area (Å²) in [4.78, 5) is 26.1. The zero-order valence-electron chi connectivity index (χ0n) is 23.5. The topological polar surface area (TPSA) is 88.4 Å². The van der Waals surface area contributed by atoms with Gasteiger partial charge in [0.05, 0.1) is 24.9 Å². The maximum absolute atomic E-state index is 14.2. The van der Waals surface area contributed by atoms with Crippen LogP contribution in [0.2, 0.25) is 0 Å². The SMILES string of the molecule is Cc1cc(-c2cnc(=O)n(Cc3ccc4c(c3)OCO4)c2)nc(SCCC(OCc2ccccc2F)c2ccccc2)n1. The number of aryl methyl sites for hydroxylation is 1. The van der Waals surface area contributed by atoms with Crippen LogP contribution in [0, 0.1) is 12.7 Å². The number of fused-ring (bicyclic) bond motifs is 1. The van der Waals surface area contributed by atoms with Gasteiger partial charge in [0, 0.05) is 35.0 Å². The molecule has 10 heteroatoms. The average molecular weight is 597 g/mol. The second kappa shape index (κ2) is 13.2. The van der Waals surface area contributed by atoms with Crippen molar-refractivity contribution in [1.82, 2.24) is 19.5 Å². The molecule has 0 amide bonds. The first-order valence-corrected chi connectivity index (χ1v) is 14.8. The maximum Gasteiger partial charge on any atom is 0.347 e. The summed E-state index contributed by atoms with van der Waals surface area (Å²) in [5.41, 5.74) is 4.28. The molecular weight excluding hydrogens is 567 g/mol. The third-order valence-electron chi connectivity index (χ3n) is 6.95. The molecule has 5 aromatic rings. The van der Waals surface area contributed by atoms with Crippen molar-refractivity contribution in [2.45, 2.75) is 37.8 Å². The number of rotatable bonds is 11. The Bertz CT molecular complexity index is 1780. The van der Waals surface area contributed by atoms with Crippen molar-refractivity contribution in [3.8, 4) is 22.8 Å². The third kappa shape index (κ3) is 7.10. The summed E-state index contributed by atoms with van der Waals surface area (Å²) in [5, 5.41) is 0.615. The van der Waals surface area contributed by atoms with E-state index in [0.717, 1.165) is 16.8 Å². The Hall–Kier alpha value is -4.54. The summed E-state index contributed by atoms with van der Waals surface area (Å²) < 4.78 is 32.8. The zero-order chi connectivity index (χ0) is 29.6. The van der Waals surface area contributed by atoms with Crippen LogP contribution in [0.15, 0.2) is 101 Å². The quantitative estimate of drug-likeness (QED) is 0.129. The summed E-state index contributed by atoms with van der Waals surface area (Å²) >= 11 is 1.52. The van der Waals surface area contributed by atoms with Crippen LogP contribution in [0.5, 0.6) is 11.5 Å². The van der Waals surface area contributed by atoms with E-state index in [1.807, 2.05) is 61.5 Å². The minimum atomic E-state index is -0.357. The van der Waals surface area contributed by atoms with Gasteiger partial charge in [0.1, 0.15) is 5.82 Å². The van der Waals surface area contributed by atoms with Gasteiger partial charge >= 0.3 is 5.69 Å². The molecule has 0 fully saturated rings. The maximum atomic E-state index is 14.2. The van der Waals surface area contributed by atoms with Crippen molar-refractivity contribution < 1.29 is 18.6 Å². The van der Waals surface area contributed by atoms with Crippen LogP contribution < -0.4 is 15.2 Å². The molecule has 1 unspecified atom stereocenters. The first kappa shape index (κ1) is 28.6. The Kier molecular flexibility index (Phi) is 8.76. The Morgan fingerprint density at radius 3 is 2.67 bits per heavy atom. The highest BCUT2D eigenvalue weighted by atomic mass is 32.2. The largest absolute Gasteiger partial charge is 0.454 e. The molecule has 3 aromatic carbocycles. The standard InChI is InChI=1S/C33H29FN4O4S/c1-22-15-28(26-17-35-33(39)38(19-26)18-23-11-12-30-31(16-23)42-21-41-30)37-32(36-22)43-14-13-29(24-7-3-2-4-8-24)40-20-25-9-5-6-10-27(25)34/h2-12,15-17,19,29H,13-14,18,20-21H2,1H3. The molecule has 0 bridgehead atoms. The number of hydrogen-bond donors (Lipinski definition) is 0. The van der Waals surface area contributed by atoms with E-state index in [0.29, 0.717) is 52.2 Å². The smallest absolute Gasteiger partial charge is 0.347 e. The van der Waals surface area contributed by atoms with E-state index in [1.54, 1.807) is 29.0 Å². The summed E-state index contributed by atoms with van der Waals surface area (Å²) in [5.74, 6) is 1.76. The average Bonchev–Trinajstić information content (AvgIpc) is 3.49. The van der Waals surface area contributed by atoms with Crippen LogP contribution in [-0.2, 0) is 17.9 Å². The molecule has 3 heterocycles. The minimum Gasteiger partial charge on any atom is -0.454 e. The molecule has 1 aliphatic rings. The number of ether oxygens (including phenoxy) is 3. The zero-order valence-corrected chi connectivity index (χ0v) is 24.3. The highest BCUT2D eigenvalue weighted by molar-refractivity contribution is 7.99. The summed E-state index contributed by atoms with van der Waals surface area (Å²) in [6.45, 7) is 2.61. The lowest BCUT2D eigenvalue weighted by molar-refractivity contribution is 0.0364. The van der Waals surface area contributed by atoms with Gasteiger partial charge < -0.3 is 14.2 Å². The fraction of sp³-hybridized carbons (Fsp3) is 0.212. The summed E-state index contributed by atoms with van der Waals surface area (Å²) in [7, 11) is 0. The molecule has 43 heavy (non-hydrogen) atoms. The van der Waals surface area contributed by atoms with Gasteiger partial charge in [0.15, 0.2) is 16.7 Å². The molecule has 0 N–H and O–H groups in total. The Morgan fingerprint density at radius 1 is 1.00 bits per heavy atom. The minimum absolute atomic E-state index is 0.178. The predicted octanol–water partition coefficient (Wildman–Crippen LogP) is 6.37. The summed E-state index contributed by atoms with van der Waals surface area (Å²) in [6.07, 6.45) is 3.76. The molecule has 0 aliphatic carbocycles. The van der Waals surface area contributed by atoms with Crippen LogP contribution in [0.4, 0.5) is 4.39 Å². The van der Waals surface area contributed by atoms with Crippen LogP contribution in [0.25, 0.3) is 11.3 Å².